The molecule has 0 saturated carbocycles. The highest BCUT2D eigenvalue weighted by Gasteiger charge is 2.24. The first-order valence-electron chi connectivity index (χ1n) is 8.71. The SMILES string of the molecule is C=C(/N=C(\OC)c1nnn(-c2ccccc2F)c1C(C)C)c1ccccc1F. The summed E-state index contributed by atoms with van der Waals surface area (Å²) in [7, 11) is 1.43. The molecule has 0 amide bonds. The lowest BCUT2D eigenvalue weighted by atomic mass is 10.1. The molecule has 0 aliphatic carbocycles. The van der Waals surface area contributed by atoms with E-state index in [9.17, 15) is 8.78 Å². The molecular formula is C21H20F2N4O. The number of rotatable bonds is 5. The third-order valence-electron chi connectivity index (χ3n) is 4.15. The number of benzene rings is 2. The van der Waals surface area contributed by atoms with Gasteiger partial charge in [-0.25, -0.2) is 18.5 Å². The molecule has 28 heavy (non-hydrogen) atoms. The fraction of sp³-hybridized carbons (Fsp3) is 0.190. The second-order valence-corrected chi connectivity index (χ2v) is 6.39. The predicted octanol–water partition coefficient (Wildman–Crippen LogP) is 4.73. The summed E-state index contributed by atoms with van der Waals surface area (Å²) in [5, 5.41) is 8.25. The molecular weight excluding hydrogens is 362 g/mol. The standard InChI is InChI=1S/C21H20F2N4O/c1-13(2)20-19(25-26-27(20)18-12-8-7-11-17(18)23)21(28-4)24-14(3)15-9-5-6-10-16(15)22/h5-13H,3H2,1-2,4H3/b24-21-. The lowest BCUT2D eigenvalue weighted by molar-refractivity contribution is 0.403. The largest absolute Gasteiger partial charge is 0.479 e. The first-order valence-corrected chi connectivity index (χ1v) is 8.71. The first-order chi connectivity index (χ1) is 13.4. The molecule has 0 bridgehead atoms. The van der Waals surface area contributed by atoms with Crippen molar-refractivity contribution in [2.45, 2.75) is 19.8 Å². The lowest BCUT2D eigenvalue weighted by Crippen LogP contribution is -2.12. The van der Waals surface area contributed by atoms with Crippen molar-refractivity contribution in [3.05, 3.63) is 83.7 Å². The van der Waals surface area contributed by atoms with Crippen LogP contribution in [0.25, 0.3) is 11.4 Å². The van der Waals surface area contributed by atoms with E-state index >= 15 is 0 Å². The van der Waals surface area contributed by atoms with E-state index in [1.165, 1.54) is 23.9 Å². The van der Waals surface area contributed by atoms with Crippen LogP contribution in [0, 0.1) is 11.6 Å². The van der Waals surface area contributed by atoms with Gasteiger partial charge in [0.1, 0.15) is 17.3 Å². The van der Waals surface area contributed by atoms with Crippen molar-refractivity contribution in [1.29, 1.82) is 0 Å². The number of para-hydroxylation sites is 1. The van der Waals surface area contributed by atoms with Crippen molar-refractivity contribution in [3.8, 4) is 5.69 Å². The van der Waals surface area contributed by atoms with E-state index in [1.807, 2.05) is 13.8 Å². The van der Waals surface area contributed by atoms with E-state index in [-0.39, 0.29) is 28.8 Å². The van der Waals surface area contributed by atoms with Gasteiger partial charge in [-0.3, -0.25) is 0 Å². The molecule has 0 spiro atoms. The van der Waals surface area contributed by atoms with Gasteiger partial charge in [0.2, 0.25) is 5.90 Å². The maximum atomic E-state index is 14.3. The van der Waals surface area contributed by atoms with Crippen LogP contribution in [0.2, 0.25) is 0 Å². The highest BCUT2D eigenvalue weighted by molar-refractivity contribution is 5.96. The van der Waals surface area contributed by atoms with Gasteiger partial charge in [0, 0.05) is 5.56 Å². The molecule has 0 aliphatic rings. The van der Waals surface area contributed by atoms with E-state index in [4.69, 9.17) is 4.74 Å². The zero-order valence-electron chi connectivity index (χ0n) is 15.9. The molecule has 5 nitrogen and oxygen atoms in total. The second kappa shape index (κ2) is 8.12. The van der Waals surface area contributed by atoms with Gasteiger partial charge in [0.05, 0.1) is 18.5 Å². The minimum atomic E-state index is -0.439. The molecule has 3 rings (SSSR count). The number of aliphatic imine (C=N–C) groups is 1. The molecule has 0 aliphatic heterocycles. The van der Waals surface area contributed by atoms with Gasteiger partial charge in [-0.1, -0.05) is 49.9 Å². The van der Waals surface area contributed by atoms with Crippen LogP contribution in [0.5, 0.6) is 0 Å². The molecule has 3 aromatic rings. The zero-order valence-corrected chi connectivity index (χ0v) is 15.9. The number of hydrogen-bond acceptors (Lipinski definition) is 4. The molecule has 0 N–H and O–H groups in total. The van der Waals surface area contributed by atoms with Gasteiger partial charge >= 0.3 is 0 Å². The van der Waals surface area contributed by atoms with E-state index in [2.05, 4.69) is 21.9 Å². The van der Waals surface area contributed by atoms with Crippen molar-refractivity contribution < 1.29 is 13.5 Å². The molecule has 7 heteroatoms. The Morgan fingerprint density at radius 2 is 1.71 bits per heavy atom. The third-order valence-corrected chi connectivity index (χ3v) is 4.15. The van der Waals surface area contributed by atoms with Crippen LogP contribution in [-0.2, 0) is 4.74 Å². The van der Waals surface area contributed by atoms with Crippen LogP contribution in [-0.4, -0.2) is 28.0 Å². The quantitative estimate of drug-likeness (QED) is 0.473. The summed E-state index contributed by atoms with van der Waals surface area (Å²) in [5.74, 6) is -0.801. The normalized spacial score (nSPS) is 11.7. The van der Waals surface area contributed by atoms with Crippen LogP contribution < -0.4 is 0 Å². The monoisotopic (exact) mass is 382 g/mol. The van der Waals surface area contributed by atoms with Crippen LogP contribution >= 0.6 is 0 Å². The summed E-state index contributed by atoms with van der Waals surface area (Å²) in [6.07, 6.45) is 0. The maximum Gasteiger partial charge on any atom is 0.244 e. The van der Waals surface area contributed by atoms with E-state index < -0.39 is 11.6 Å². The van der Waals surface area contributed by atoms with Crippen molar-refractivity contribution in [1.82, 2.24) is 15.0 Å². The van der Waals surface area contributed by atoms with Crippen LogP contribution in [0.1, 0.15) is 36.7 Å². The molecule has 0 radical (unpaired) electrons. The molecule has 144 valence electrons. The highest BCUT2D eigenvalue weighted by Crippen LogP contribution is 2.25. The molecule has 1 heterocycles. The summed E-state index contributed by atoms with van der Waals surface area (Å²) >= 11 is 0. The molecule has 0 atom stereocenters. The summed E-state index contributed by atoms with van der Waals surface area (Å²) in [6, 6.07) is 12.5. The Balaban J connectivity index is 2.10. The van der Waals surface area contributed by atoms with E-state index in [1.54, 1.807) is 36.4 Å². The minimum absolute atomic E-state index is 0.0633. The fourth-order valence-electron chi connectivity index (χ4n) is 2.83. The average Bonchev–Trinajstić information content (AvgIpc) is 3.11. The number of halogens is 2. The van der Waals surface area contributed by atoms with Gasteiger partial charge in [0.25, 0.3) is 0 Å². The first kappa shape index (κ1) is 19.4. The number of aromatic nitrogens is 3. The van der Waals surface area contributed by atoms with Gasteiger partial charge in [0.15, 0.2) is 5.69 Å². The van der Waals surface area contributed by atoms with Gasteiger partial charge < -0.3 is 4.74 Å². The van der Waals surface area contributed by atoms with E-state index in [0.29, 0.717) is 11.4 Å². The van der Waals surface area contributed by atoms with Gasteiger partial charge in [-0.15, -0.1) is 5.10 Å². The fourth-order valence-corrected chi connectivity index (χ4v) is 2.83. The topological polar surface area (TPSA) is 52.3 Å². The maximum absolute atomic E-state index is 14.3. The smallest absolute Gasteiger partial charge is 0.244 e. The van der Waals surface area contributed by atoms with Crippen LogP contribution in [0.4, 0.5) is 8.78 Å². The molecule has 1 aromatic heterocycles. The van der Waals surface area contributed by atoms with Gasteiger partial charge in [-0.2, -0.15) is 0 Å². The Hall–Kier alpha value is -3.35. The van der Waals surface area contributed by atoms with Crippen molar-refractivity contribution >= 4 is 11.6 Å². The molecule has 0 fully saturated rings. The summed E-state index contributed by atoms with van der Waals surface area (Å²) in [5.41, 5.74) is 1.67. The number of methoxy groups -OCH3 is 1. The van der Waals surface area contributed by atoms with Crippen molar-refractivity contribution in [2.24, 2.45) is 4.99 Å². The Kier molecular flexibility index (Phi) is 5.63. The number of nitrogens with zero attached hydrogens (tertiary/aromatic N) is 4. The average molecular weight is 382 g/mol. The summed E-state index contributed by atoms with van der Waals surface area (Å²) < 4.78 is 35.1. The molecule has 2 aromatic carbocycles. The Morgan fingerprint density at radius 3 is 2.32 bits per heavy atom. The molecule has 0 saturated heterocycles. The number of hydrogen-bond donors (Lipinski definition) is 0. The van der Waals surface area contributed by atoms with Gasteiger partial charge in [-0.05, 0) is 30.2 Å². The third kappa shape index (κ3) is 3.69. The summed E-state index contributed by atoms with van der Waals surface area (Å²) in [6.45, 7) is 7.69. The van der Waals surface area contributed by atoms with E-state index in [0.717, 1.165) is 0 Å². The Labute approximate surface area is 162 Å². The Bertz CT molecular complexity index is 1040. The minimum Gasteiger partial charge on any atom is -0.479 e. The van der Waals surface area contributed by atoms with Crippen molar-refractivity contribution in [2.75, 3.05) is 7.11 Å². The highest BCUT2D eigenvalue weighted by atomic mass is 19.1. The molecule has 0 unspecified atom stereocenters. The number of ether oxygens (including phenoxy) is 1. The summed E-state index contributed by atoms with van der Waals surface area (Å²) in [4.78, 5) is 4.32. The van der Waals surface area contributed by atoms with Crippen LogP contribution in [0.15, 0.2) is 60.1 Å². The Morgan fingerprint density at radius 1 is 1.07 bits per heavy atom. The second-order valence-electron chi connectivity index (χ2n) is 6.39. The lowest BCUT2D eigenvalue weighted by Gasteiger charge is -2.12. The van der Waals surface area contributed by atoms with Crippen LogP contribution in [0.3, 0.4) is 0 Å². The predicted molar refractivity (Wildman–Crippen MR) is 104 cm³/mol. The van der Waals surface area contributed by atoms with Crippen molar-refractivity contribution in [3.63, 3.8) is 0 Å². The zero-order chi connectivity index (χ0) is 20.3.